The average molecular weight is 281 g/mol. The summed E-state index contributed by atoms with van der Waals surface area (Å²) in [5, 5.41) is 3.53. The van der Waals surface area contributed by atoms with Gasteiger partial charge in [0.15, 0.2) is 0 Å². The van der Waals surface area contributed by atoms with Crippen molar-refractivity contribution < 1.29 is 4.74 Å². The van der Waals surface area contributed by atoms with E-state index in [1.165, 1.54) is 27.8 Å². The predicted molar refractivity (Wildman–Crippen MR) is 87.1 cm³/mol. The van der Waals surface area contributed by atoms with Crippen molar-refractivity contribution in [1.29, 1.82) is 0 Å². The van der Waals surface area contributed by atoms with Gasteiger partial charge >= 0.3 is 0 Å². The SMILES string of the molecule is COc1c(CC2CNCc3ccccc32)ccc(C)c1C. The maximum atomic E-state index is 5.67. The molecule has 2 aromatic carbocycles. The minimum Gasteiger partial charge on any atom is -0.496 e. The average Bonchev–Trinajstić information content (AvgIpc) is 2.52. The molecule has 110 valence electrons. The molecule has 0 saturated carbocycles. The van der Waals surface area contributed by atoms with Crippen LogP contribution in [-0.4, -0.2) is 13.7 Å². The van der Waals surface area contributed by atoms with Gasteiger partial charge in [0.2, 0.25) is 0 Å². The van der Waals surface area contributed by atoms with Gasteiger partial charge in [0, 0.05) is 19.0 Å². The van der Waals surface area contributed by atoms with Crippen molar-refractivity contribution in [2.45, 2.75) is 32.7 Å². The van der Waals surface area contributed by atoms with Crippen LogP contribution in [0.15, 0.2) is 36.4 Å². The second kappa shape index (κ2) is 5.90. The Morgan fingerprint density at radius 3 is 2.76 bits per heavy atom. The molecule has 1 atom stereocenters. The molecule has 1 heterocycles. The van der Waals surface area contributed by atoms with Crippen LogP contribution in [0.5, 0.6) is 5.75 Å². The van der Waals surface area contributed by atoms with Gasteiger partial charge in [-0.3, -0.25) is 0 Å². The quantitative estimate of drug-likeness (QED) is 0.925. The number of aryl methyl sites for hydroxylation is 1. The molecule has 0 spiro atoms. The van der Waals surface area contributed by atoms with Gasteiger partial charge in [-0.1, -0.05) is 36.4 Å². The highest BCUT2D eigenvalue weighted by molar-refractivity contribution is 5.46. The van der Waals surface area contributed by atoms with Gasteiger partial charge < -0.3 is 10.1 Å². The van der Waals surface area contributed by atoms with Crippen molar-refractivity contribution in [3.63, 3.8) is 0 Å². The van der Waals surface area contributed by atoms with Gasteiger partial charge in [0.05, 0.1) is 7.11 Å². The molecule has 2 nitrogen and oxygen atoms in total. The maximum absolute atomic E-state index is 5.67. The highest BCUT2D eigenvalue weighted by Crippen LogP contribution is 2.33. The third kappa shape index (κ3) is 2.68. The summed E-state index contributed by atoms with van der Waals surface area (Å²) in [7, 11) is 1.78. The molecule has 21 heavy (non-hydrogen) atoms. The largest absolute Gasteiger partial charge is 0.496 e. The van der Waals surface area contributed by atoms with E-state index >= 15 is 0 Å². The normalized spacial score (nSPS) is 17.4. The van der Waals surface area contributed by atoms with Crippen molar-refractivity contribution in [1.82, 2.24) is 5.32 Å². The molecule has 0 saturated heterocycles. The Morgan fingerprint density at radius 2 is 1.95 bits per heavy atom. The van der Waals surface area contributed by atoms with Crippen LogP contribution in [0.2, 0.25) is 0 Å². The Hall–Kier alpha value is -1.80. The van der Waals surface area contributed by atoms with E-state index in [0.29, 0.717) is 5.92 Å². The molecule has 2 aromatic rings. The fraction of sp³-hybridized carbons (Fsp3) is 0.368. The van der Waals surface area contributed by atoms with Crippen molar-refractivity contribution in [3.05, 3.63) is 64.2 Å². The number of hydrogen-bond donors (Lipinski definition) is 1. The van der Waals surface area contributed by atoms with Crippen LogP contribution in [-0.2, 0) is 13.0 Å². The van der Waals surface area contributed by atoms with Crippen LogP contribution in [0.25, 0.3) is 0 Å². The molecule has 0 aromatic heterocycles. The first kappa shape index (κ1) is 14.2. The first-order valence-corrected chi connectivity index (χ1v) is 7.62. The Balaban J connectivity index is 1.93. The lowest BCUT2D eigenvalue weighted by Crippen LogP contribution is -2.29. The van der Waals surface area contributed by atoms with E-state index < -0.39 is 0 Å². The van der Waals surface area contributed by atoms with Gasteiger partial charge in [0.25, 0.3) is 0 Å². The molecule has 1 aliphatic heterocycles. The van der Waals surface area contributed by atoms with Crippen LogP contribution in [0.3, 0.4) is 0 Å². The predicted octanol–water partition coefficient (Wildman–Crippen LogP) is 3.74. The van der Waals surface area contributed by atoms with Crippen LogP contribution < -0.4 is 10.1 Å². The number of nitrogens with one attached hydrogen (secondary N) is 1. The smallest absolute Gasteiger partial charge is 0.125 e. The molecular formula is C19H23NO. The van der Waals surface area contributed by atoms with Crippen LogP contribution >= 0.6 is 0 Å². The van der Waals surface area contributed by atoms with E-state index in [1.807, 2.05) is 0 Å². The summed E-state index contributed by atoms with van der Waals surface area (Å²) in [5.74, 6) is 1.57. The molecule has 0 bridgehead atoms. The Labute approximate surface area is 127 Å². The first-order chi connectivity index (χ1) is 10.2. The van der Waals surface area contributed by atoms with Crippen LogP contribution in [0.4, 0.5) is 0 Å². The number of methoxy groups -OCH3 is 1. The number of hydrogen-bond acceptors (Lipinski definition) is 2. The molecule has 1 aliphatic rings. The summed E-state index contributed by atoms with van der Waals surface area (Å²) in [6.45, 7) is 6.30. The minimum atomic E-state index is 0.519. The molecule has 1 unspecified atom stereocenters. The van der Waals surface area contributed by atoms with E-state index in [4.69, 9.17) is 4.74 Å². The zero-order valence-corrected chi connectivity index (χ0v) is 13.1. The summed E-state index contributed by atoms with van der Waals surface area (Å²) in [6.07, 6.45) is 1.02. The zero-order valence-electron chi connectivity index (χ0n) is 13.1. The fourth-order valence-electron chi connectivity index (χ4n) is 3.32. The summed E-state index contributed by atoms with van der Waals surface area (Å²) >= 11 is 0. The minimum absolute atomic E-state index is 0.519. The molecule has 1 N–H and O–H groups in total. The summed E-state index contributed by atoms with van der Waals surface area (Å²) in [4.78, 5) is 0. The third-order valence-electron chi connectivity index (χ3n) is 4.63. The van der Waals surface area contributed by atoms with Gasteiger partial charge in [-0.05, 0) is 48.1 Å². The van der Waals surface area contributed by atoms with Gasteiger partial charge in [-0.2, -0.15) is 0 Å². The topological polar surface area (TPSA) is 21.3 Å². The number of ether oxygens (including phenoxy) is 1. The number of fused-ring (bicyclic) bond motifs is 1. The lowest BCUT2D eigenvalue weighted by molar-refractivity contribution is 0.403. The molecule has 3 rings (SSSR count). The molecule has 0 fully saturated rings. The van der Waals surface area contributed by atoms with Gasteiger partial charge in [-0.15, -0.1) is 0 Å². The Bertz CT molecular complexity index is 648. The highest BCUT2D eigenvalue weighted by Gasteiger charge is 2.21. The standard InChI is InChI=1S/C19H23NO/c1-13-8-9-15(19(21-3)14(13)2)10-17-12-20-11-16-6-4-5-7-18(16)17/h4-9,17,20H,10-12H2,1-3H3. The second-order valence-electron chi connectivity index (χ2n) is 5.93. The van der Waals surface area contributed by atoms with Gasteiger partial charge in [-0.25, -0.2) is 0 Å². The molecule has 0 aliphatic carbocycles. The second-order valence-corrected chi connectivity index (χ2v) is 5.93. The van der Waals surface area contributed by atoms with E-state index in [1.54, 1.807) is 7.11 Å². The maximum Gasteiger partial charge on any atom is 0.125 e. The van der Waals surface area contributed by atoms with Crippen molar-refractivity contribution >= 4 is 0 Å². The monoisotopic (exact) mass is 281 g/mol. The molecule has 0 radical (unpaired) electrons. The first-order valence-electron chi connectivity index (χ1n) is 7.62. The highest BCUT2D eigenvalue weighted by atomic mass is 16.5. The van der Waals surface area contributed by atoms with Gasteiger partial charge in [0.1, 0.15) is 5.75 Å². The number of rotatable bonds is 3. The summed E-state index contributed by atoms with van der Waals surface area (Å²) in [5.41, 5.74) is 6.77. The molecular weight excluding hydrogens is 258 g/mol. The van der Waals surface area contributed by atoms with E-state index in [0.717, 1.165) is 25.3 Å². The van der Waals surface area contributed by atoms with E-state index in [-0.39, 0.29) is 0 Å². The number of benzene rings is 2. The lowest BCUT2D eigenvalue weighted by atomic mass is 9.85. The Morgan fingerprint density at radius 1 is 1.14 bits per heavy atom. The molecule has 0 amide bonds. The fourth-order valence-corrected chi connectivity index (χ4v) is 3.32. The third-order valence-corrected chi connectivity index (χ3v) is 4.63. The van der Waals surface area contributed by atoms with E-state index in [2.05, 4.69) is 55.6 Å². The lowest BCUT2D eigenvalue weighted by Gasteiger charge is -2.27. The molecule has 2 heteroatoms. The van der Waals surface area contributed by atoms with Crippen molar-refractivity contribution in [2.24, 2.45) is 0 Å². The van der Waals surface area contributed by atoms with Crippen molar-refractivity contribution in [3.8, 4) is 5.75 Å². The summed E-state index contributed by atoms with van der Waals surface area (Å²) in [6, 6.07) is 13.2. The van der Waals surface area contributed by atoms with Crippen LogP contribution in [0.1, 0.15) is 33.7 Å². The van der Waals surface area contributed by atoms with E-state index in [9.17, 15) is 0 Å². The van der Waals surface area contributed by atoms with Crippen LogP contribution in [0, 0.1) is 13.8 Å². The zero-order chi connectivity index (χ0) is 14.8. The summed E-state index contributed by atoms with van der Waals surface area (Å²) < 4.78 is 5.67. The Kier molecular flexibility index (Phi) is 3.98. The van der Waals surface area contributed by atoms with Crippen molar-refractivity contribution in [2.75, 3.05) is 13.7 Å².